The van der Waals surface area contributed by atoms with Gasteiger partial charge in [0.05, 0.1) is 6.10 Å². The lowest BCUT2D eigenvalue weighted by molar-refractivity contribution is -0.133. The molecule has 36 heavy (non-hydrogen) atoms. The predicted octanol–water partition coefficient (Wildman–Crippen LogP) is 5.30. The van der Waals surface area contributed by atoms with Crippen LogP contribution in [0.25, 0.3) is 0 Å². The molecule has 6 nitrogen and oxygen atoms in total. The topological polar surface area (TPSA) is 94.9 Å². The van der Waals surface area contributed by atoms with Crippen LogP contribution in [-0.2, 0) is 14.9 Å². The molecular weight excluding hydrogens is 474 g/mol. The van der Waals surface area contributed by atoms with Crippen LogP contribution in [0.5, 0.6) is 0 Å². The summed E-state index contributed by atoms with van der Waals surface area (Å²) in [6.07, 6.45) is 13.4. The third-order valence-corrected chi connectivity index (χ3v) is 13.6. The molecular formula is C29H49NO5S. The lowest BCUT2D eigenvalue weighted by Gasteiger charge is -2.61. The summed E-state index contributed by atoms with van der Waals surface area (Å²) < 4.78 is 32.6. The molecule has 206 valence electrons. The quantitative estimate of drug-likeness (QED) is 0.477. The Morgan fingerprint density at radius 2 is 1.72 bits per heavy atom. The second kappa shape index (κ2) is 9.82. The summed E-state index contributed by atoms with van der Waals surface area (Å²) >= 11 is 0. The fourth-order valence-electron chi connectivity index (χ4n) is 10.3. The van der Waals surface area contributed by atoms with Crippen LogP contribution < -0.4 is 0 Å². The van der Waals surface area contributed by atoms with E-state index in [0.29, 0.717) is 54.4 Å². The number of hydrogen-bond donors (Lipinski definition) is 2. The van der Waals surface area contributed by atoms with Gasteiger partial charge in [-0.3, -0.25) is 9.35 Å². The lowest BCUT2D eigenvalue weighted by Crippen LogP contribution is -2.54. The highest BCUT2D eigenvalue weighted by molar-refractivity contribution is 7.86. The van der Waals surface area contributed by atoms with Gasteiger partial charge in [-0.05, 0) is 123 Å². The van der Waals surface area contributed by atoms with Crippen molar-refractivity contribution in [1.29, 1.82) is 0 Å². The highest BCUT2D eigenvalue weighted by atomic mass is 32.2. The second-order valence-corrected chi connectivity index (χ2v) is 15.6. The van der Waals surface area contributed by atoms with E-state index >= 15 is 0 Å². The molecule has 5 rings (SSSR count). The number of aliphatic hydroxyl groups is 1. The number of carbonyl (C=O) groups is 1. The van der Waals surface area contributed by atoms with E-state index in [1.807, 2.05) is 0 Å². The first-order valence-electron chi connectivity index (χ1n) is 14.9. The van der Waals surface area contributed by atoms with Gasteiger partial charge in [0.2, 0.25) is 5.91 Å². The van der Waals surface area contributed by atoms with Gasteiger partial charge in [0.25, 0.3) is 10.1 Å². The van der Waals surface area contributed by atoms with Crippen LogP contribution in [0.4, 0.5) is 0 Å². The molecule has 4 aliphatic carbocycles. The molecule has 1 amide bonds. The molecule has 0 bridgehead atoms. The number of amides is 1. The SMILES string of the molecule is C[C@H](CCC(=O)N1CCC[C@H](S(=O)(=O)O)C1)[C@H]1CC[C@H]2[C@@H]3CC[C@@H]4C[C@H](O)CC[C@]4(C)[C@H]3CC[C@]12C. The van der Waals surface area contributed by atoms with Crippen LogP contribution in [0.2, 0.25) is 0 Å². The molecule has 1 saturated heterocycles. The van der Waals surface area contributed by atoms with Crippen LogP contribution in [0.15, 0.2) is 0 Å². The Morgan fingerprint density at radius 1 is 1.00 bits per heavy atom. The molecule has 4 saturated carbocycles. The molecule has 0 unspecified atom stereocenters. The van der Waals surface area contributed by atoms with Gasteiger partial charge in [0.1, 0.15) is 5.25 Å². The van der Waals surface area contributed by atoms with Gasteiger partial charge in [-0.2, -0.15) is 8.42 Å². The van der Waals surface area contributed by atoms with E-state index in [1.165, 1.54) is 44.9 Å². The van der Waals surface area contributed by atoms with E-state index < -0.39 is 15.4 Å². The molecule has 10 atom stereocenters. The third-order valence-electron chi connectivity index (χ3n) is 12.4. The van der Waals surface area contributed by atoms with E-state index in [9.17, 15) is 22.9 Å². The van der Waals surface area contributed by atoms with Crippen molar-refractivity contribution in [2.24, 2.45) is 46.3 Å². The lowest BCUT2D eigenvalue weighted by atomic mass is 9.44. The Hall–Kier alpha value is -0.660. The standard InChI is InChI=1S/C29H49NO5S/c1-19(6-11-27(32)30-16-4-5-22(18-30)36(33,34)35)24-9-10-25-23-8-7-20-17-21(31)12-14-28(20,2)26(23)13-15-29(24,25)3/h19-26,31H,4-18H2,1-3H3,(H,33,34,35)/t19-,20-,21-,22+,23+,24-,25+,26+,28+,29-/m1/s1. The first kappa shape index (κ1) is 26.9. The van der Waals surface area contributed by atoms with Crippen molar-refractivity contribution in [3.63, 3.8) is 0 Å². The molecule has 5 fully saturated rings. The second-order valence-electron chi connectivity index (χ2n) is 13.9. The molecule has 0 radical (unpaired) electrons. The zero-order chi connectivity index (χ0) is 25.9. The maximum atomic E-state index is 13.0. The average molecular weight is 524 g/mol. The van der Waals surface area contributed by atoms with E-state index in [0.717, 1.165) is 37.0 Å². The highest BCUT2D eigenvalue weighted by Gasteiger charge is 2.60. The smallest absolute Gasteiger partial charge is 0.269 e. The summed E-state index contributed by atoms with van der Waals surface area (Å²) in [5, 5.41) is 9.47. The predicted molar refractivity (Wildman–Crippen MR) is 141 cm³/mol. The van der Waals surface area contributed by atoms with Gasteiger partial charge in [0.15, 0.2) is 0 Å². The molecule has 0 aromatic carbocycles. The molecule has 0 spiro atoms. The number of aliphatic hydroxyl groups excluding tert-OH is 1. The fraction of sp³-hybridized carbons (Fsp3) is 0.966. The molecule has 0 aromatic heterocycles. The van der Waals surface area contributed by atoms with Crippen molar-refractivity contribution in [2.75, 3.05) is 13.1 Å². The Balaban J connectivity index is 1.20. The number of fused-ring (bicyclic) bond motifs is 5. The van der Waals surface area contributed by atoms with Gasteiger partial charge < -0.3 is 10.0 Å². The first-order valence-corrected chi connectivity index (χ1v) is 16.4. The molecule has 1 heterocycles. The van der Waals surface area contributed by atoms with Crippen molar-refractivity contribution in [3.05, 3.63) is 0 Å². The zero-order valence-corrected chi connectivity index (χ0v) is 23.5. The van der Waals surface area contributed by atoms with E-state index in [-0.39, 0.29) is 18.6 Å². The Kier molecular flexibility index (Phi) is 7.35. The minimum absolute atomic E-state index is 0.0457. The highest BCUT2D eigenvalue weighted by Crippen LogP contribution is 2.68. The maximum absolute atomic E-state index is 13.0. The normalized spacial score (nSPS) is 45.9. The van der Waals surface area contributed by atoms with Crippen molar-refractivity contribution in [1.82, 2.24) is 4.90 Å². The summed E-state index contributed by atoms with van der Waals surface area (Å²) in [7, 11) is -4.09. The van der Waals surface area contributed by atoms with Crippen molar-refractivity contribution < 1.29 is 22.9 Å². The monoisotopic (exact) mass is 523 g/mol. The Bertz CT molecular complexity index is 938. The van der Waals surface area contributed by atoms with Gasteiger partial charge in [-0.15, -0.1) is 0 Å². The first-order chi connectivity index (χ1) is 16.9. The number of nitrogens with zero attached hydrogens (tertiary/aromatic N) is 1. The Morgan fingerprint density at radius 3 is 2.47 bits per heavy atom. The molecule has 1 aliphatic heterocycles. The fourth-order valence-corrected chi connectivity index (χ4v) is 11.2. The van der Waals surface area contributed by atoms with Crippen LogP contribution in [0.1, 0.15) is 104 Å². The van der Waals surface area contributed by atoms with E-state index in [1.54, 1.807) is 4.90 Å². The van der Waals surface area contributed by atoms with Crippen LogP contribution in [0.3, 0.4) is 0 Å². The van der Waals surface area contributed by atoms with Crippen LogP contribution in [0, 0.1) is 46.3 Å². The maximum Gasteiger partial charge on any atom is 0.269 e. The van der Waals surface area contributed by atoms with E-state index in [4.69, 9.17) is 0 Å². The number of rotatable bonds is 5. The van der Waals surface area contributed by atoms with Crippen LogP contribution in [-0.4, -0.2) is 53.3 Å². The zero-order valence-electron chi connectivity index (χ0n) is 22.7. The van der Waals surface area contributed by atoms with Gasteiger partial charge in [0, 0.05) is 19.5 Å². The van der Waals surface area contributed by atoms with Gasteiger partial charge >= 0.3 is 0 Å². The summed E-state index contributed by atoms with van der Waals surface area (Å²) in [5.41, 5.74) is 0.774. The molecule has 7 heteroatoms. The van der Waals surface area contributed by atoms with E-state index in [2.05, 4.69) is 20.8 Å². The van der Waals surface area contributed by atoms with Crippen molar-refractivity contribution in [2.45, 2.75) is 116 Å². The number of hydrogen-bond acceptors (Lipinski definition) is 4. The number of carbonyl (C=O) groups excluding carboxylic acids is 1. The number of likely N-dealkylation sites (tertiary alicyclic amines) is 1. The summed E-state index contributed by atoms with van der Waals surface area (Å²) in [4.78, 5) is 14.6. The van der Waals surface area contributed by atoms with Crippen molar-refractivity contribution in [3.8, 4) is 0 Å². The average Bonchev–Trinajstić information content (AvgIpc) is 3.19. The van der Waals surface area contributed by atoms with Crippen LogP contribution >= 0.6 is 0 Å². The van der Waals surface area contributed by atoms with Crippen molar-refractivity contribution >= 4 is 16.0 Å². The molecule has 0 aromatic rings. The Labute approximate surface area is 218 Å². The summed E-state index contributed by atoms with van der Waals surface area (Å²) in [6, 6.07) is 0. The van der Waals surface area contributed by atoms with Gasteiger partial charge in [-0.1, -0.05) is 20.8 Å². The molecule has 2 N–H and O–H groups in total. The number of piperidine rings is 1. The minimum Gasteiger partial charge on any atom is -0.393 e. The van der Waals surface area contributed by atoms with Gasteiger partial charge in [-0.25, -0.2) is 0 Å². The summed E-state index contributed by atoms with van der Waals surface area (Å²) in [5.74, 6) is 4.31. The third kappa shape index (κ3) is 4.68. The minimum atomic E-state index is -4.09. The molecule has 5 aliphatic rings. The summed E-state index contributed by atoms with van der Waals surface area (Å²) in [6.45, 7) is 8.19. The largest absolute Gasteiger partial charge is 0.393 e.